The highest BCUT2D eigenvalue weighted by Gasteiger charge is 2.15. The van der Waals surface area contributed by atoms with Crippen molar-refractivity contribution in [2.24, 2.45) is 0 Å². The SMILES string of the molecule is CCO[C@@H]1CCO[C@@H](C)OC1. The summed E-state index contributed by atoms with van der Waals surface area (Å²) in [6, 6.07) is 0. The van der Waals surface area contributed by atoms with Gasteiger partial charge in [-0.2, -0.15) is 0 Å². The Bertz CT molecular complexity index is 106. The lowest BCUT2D eigenvalue weighted by atomic mass is 10.3. The minimum Gasteiger partial charge on any atom is -0.376 e. The van der Waals surface area contributed by atoms with E-state index >= 15 is 0 Å². The van der Waals surface area contributed by atoms with Crippen LogP contribution < -0.4 is 0 Å². The van der Waals surface area contributed by atoms with Crippen LogP contribution >= 0.6 is 0 Å². The molecule has 1 heterocycles. The monoisotopic (exact) mass is 160 g/mol. The Labute approximate surface area is 67.6 Å². The summed E-state index contributed by atoms with van der Waals surface area (Å²) in [5.41, 5.74) is 0. The highest BCUT2D eigenvalue weighted by Crippen LogP contribution is 2.08. The van der Waals surface area contributed by atoms with Crippen LogP contribution in [0.3, 0.4) is 0 Å². The molecule has 2 atom stereocenters. The summed E-state index contributed by atoms with van der Waals surface area (Å²) in [6.45, 7) is 6.06. The molecule has 0 spiro atoms. The molecule has 0 aromatic heterocycles. The van der Waals surface area contributed by atoms with Crippen LogP contribution in [0.5, 0.6) is 0 Å². The molecule has 0 N–H and O–H groups in total. The van der Waals surface area contributed by atoms with E-state index in [1.807, 2.05) is 13.8 Å². The van der Waals surface area contributed by atoms with Crippen molar-refractivity contribution in [3.8, 4) is 0 Å². The number of rotatable bonds is 2. The average molecular weight is 160 g/mol. The van der Waals surface area contributed by atoms with Crippen LogP contribution in [0.1, 0.15) is 20.3 Å². The third kappa shape index (κ3) is 3.18. The smallest absolute Gasteiger partial charge is 0.154 e. The van der Waals surface area contributed by atoms with Crippen molar-refractivity contribution in [3.63, 3.8) is 0 Å². The first-order valence-electron chi connectivity index (χ1n) is 4.17. The molecule has 1 rings (SSSR count). The molecule has 11 heavy (non-hydrogen) atoms. The Hall–Kier alpha value is -0.120. The van der Waals surface area contributed by atoms with E-state index in [1.54, 1.807) is 0 Å². The van der Waals surface area contributed by atoms with E-state index < -0.39 is 0 Å². The summed E-state index contributed by atoms with van der Waals surface area (Å²) >= 11 is 0. The molecule has 0 aromatic carbocycles. The molecule has 0 radical (unpaired) electrons. The fourth-order valence-corrected chi connectivity index (χ4v) is 1.11. The number of hydrogen-bond donors (Lipinski definition) is 0. The van der Waals surface area contributed by atoms with Gasteiger partial charge in [0.15, 0.2) is 6.29 Å². The van der Waals surface area contributed by atoms with Gasteiger partial charge in [0, 0.05) is 6.61 Å². The second-order valence-electron chi connectivity index (χ2n) is 2.64. The van der Waals surface area contributed by atoms with Gasteiger partial charge in [0.05, 0.1) is 19.3 Å². The van der Waals surface area contributed by atoms with Gasteiger partial charge in [0.25, 0.3) is 0 Å². The quantitative estimate of drug-likeness (QED) is 0.607. The van der Waals surface area contributed by atoms with E-state index in [0.29, 0.717) is 6.61 Å². The second-order valence-corrected chi connectivity index (χ2v) is 2.64. The lowest BCUT2D eigenvalue weighted by Gasteiger charge is -2.12. The third-order valence-electron chi connectivity index (χ3n) is 1.71. The number of ether oxygens (including phenoxy) is 3. The molecular formula is C8H16O3. The van der Waals surface area contributed by atoms with Gasteiger partial charge in [-0.05, 0) is 20.3 Å². The summed E-state index contributed by atoms with van der Waals surface area (Å²) in [6.07, 6.45) is 1.10. The summed E-state index contributed by atoms with van der Waals surface area (Å²) in [4.78, 5) is 0. The zero-order chi connectivity index (χ0) is 8.10. The Morgan fingerprint density at radius 1 is 1.45 bits per heavy atom. The van der Waals surface area contributed by atoms with Crippen molar-refractivity contribution in [1.29, 1.82) is 0 Å². The van der Waals surface area contributed by atoms with E-state index in [4.69, 9.17) is 14.2 Å². The van der Waals surface area contributed by atoms with E-state index in [0.717, 1.165) is 19.6 Å². The lowest BCUT2D eigenvalue weighted by molar-refractivity contribution is -0.122. The summed E-state index contributed by atoms with van der Waals surface area (Å²) < 4.78 is 16.0. The van der Waals surface area contributed by atoms with Crippen LogP contribution in [0, 0.1) is 0 Å². The maximum absolute atomic E-state index is 5.41. The molecule has 0 aromatic rings. The van der Waals surface area contributed by atoms with Gasteiger partial charge >= 0.3 is 0 Å². The van der Waals surface area contributed by atoms with Gasteiger partial charge in [-0.25, -0.2) is 0 Å². The molecular weight excluding hydrogens is 144 g/mol. The average Bonchev–Trinajstić information content (AvgIpc) is 2.17. The van der Waals surface area contributed by atoms with E-state index in [2.05, 4.69) is 0 Å². The van der Waals surface area contributed by atoms with Gasteiger partial charge in [-0.15, -0.1) is 0 Å². The van der Waals surface area contributed by atoms with E-state index in [9.17, 15) is 0 Å². The molecule has 0 unspecified atom stereocenters. The molecule has 1 aliphatic rings. The predicted octanol–water partition coefficient (Wildman–Crippen LogP) is 1.17. The zero-order valence-corrected chi connectivity index (χ0v) is 7.21. The molecule has 1 fully saturated rings. The minimum absolute atomic E-state index is 0.0690. The largest absolute Gasteiger partial charge is 0.376 e. The summed E-state index contributed by atoms with van der Waals surface area (Å²) in [5, 5.41) is 0. The van der Waals surface area contributed by atoms with Gasteiger partial charge in [0.2, 0.25) is 0 Å². The molecule has 0 amide bonds. The maximum Gasteiger partial charge on any atom is 0.154 e. The molecule has 3 nitrogen and oxygen atoms in total. The van der Waals surface area contributed by atoms with Crippen LogP contribution in [0.4, 0.5) is 0 Å². The Morgan fingerprint density at radius 3 is 3.00 bits per heavy atom. The molecule has 0 bridgehead atoms. The standard InChI is InChI=1S/C8H16O3/c1-3-9-8-4-5-10-7(2)11-6-8/h7-8H,3-6H2,1-2H3/t7-,8-/m1/s1. The molecule has 1 saturated heterocycles. The second kappa shape index (κ2) is 4.70. The topological polar surface area (TPSA) is 27.7 Å². The lowest BCUT2D eigenvalue weighted by Crippen LogP contribution is -2.19. The highest BCUT2D eigenvalue weighted by molar-refractivity contribution is 4.59. The van der Waals surface area contributed by atoms with Crippen LogP contribution in [-0.2, 0) is 14.2 Å². The molecule has 0 saturated carbocycles. The first-order valence-corrected chi connectivity index (χ1v) is 4.17. The molecule has 1 aliphatic heterocycles. The van der Waals surface area contributed by atoms with Crippen molar-refractivity contribution in [1.82, 2.24) is 0 Å². The van der Waals surface area contributed by atoms with Crippen molar-refractivity contribution >= 4 is 0 Å². The minimum atomic E-state index is -0.0690. The Kier molecular flexibility index (Phi) is 3.83. The predicted molar refractivity (Wildman–Crippen MR) is 41.4 cm³/mol. The normalized spacial score (nSPS) is 33.3. The molecule has 0 aliphatic carbocycles. The molecule has 3 heteroatoms. The van der Waals surface area contributed by atoms with Crippen LogP contribution in [0.2, 0.25) is 0 Å². The van der Waals surface area contributed by atoms with Gasteiger partial charge < -0.3 is 14.2 Å². The van der Waals surface area contributed by atoms with Crippen LogP contribution in [-0.4, -0.2) is 32.2 Å². The van der Waals surface area contributed by atoms with Crippen molar-refractivity contribution in [2.75, 3.05) is 19.8 Å². The maximum atomic E-state index is 5.41. The van der Waals surface area contributed by atoms with Gasteiger partial charge in [-0.3, -0.25) is 0 Å². The first kappa shape index (κ1) is 8.97. The Morgan fingerprint density at radius 2 is 2.27 bits per heavy atom. The van der Waals surface area contributed by atoms with Crippen molar-refractivity contribution in [2.45, 2.75) is 32.7 Å². The van der Waals surface area contributed by atoms with Crippen LogP contribution in [0.15, 0.2) is 0 Å². The van der Waals surface area contributed by atoms with Gasteiger partial charge in [-0.1, -0.05) is 0 Å². The zero-order valence-electron chi connectivity index (χ0n) is 7.21. The molecule has 66 valence electrons. The van der Waals surface area contributed by atoms with Crippen LogP contribution in [0.25, 0.3) is 0 Å². The van der Waals surface area contributed by atoms with E-state index in [1.165, 1.54) is 0 Å². The first-order chi connectivity index (χ1) is 5.33. The van der Waals surface area contributed by atoms with Crippen molar-refractivity contribution < 1.29 is 14.2 Å². The third-order valence-corrected chi connectivity index (χ3v) is 1.71. The fraction of sp³-hybridized carbons (Fsp3) is 1.00. The van der Waals surface area contributed by atoms with Gasteiger partial charge in [0.1, 0.15) is 0 Å². The summed E-state index contributed by atoms with van der Waals surface area (Å²) in [5.74, 6) is 0. The van der Waals surface area contributed by atoms with Crippen molar-refractivity contribution in [3.05, 3.63) is 0 Å². The highest BCUT2D eigenvalue weighted by atomic mass is 16.7. The fourth-order valence-electron chi connectivity index (χ4n) is 1.11. The van der Waals surface area contributed by atoms with E-state index in [-0.39, 0.29) is 12.4 Å². The Balaban J connectivity index is 2.22. The summed E-state index contributed by atoms with van der Waals surface area (Å²) in [7, 11) is 0. The number of hydrogen-bond acceptors (Lipinski definition) is 3.